The Balaban J connectivity index is 2.67. The molecule has 19 heavy (non-hydrogen) atoms. The number of urea groups is 1. The quantitative estimate of drug-likeness (QED) is 0.868. The van der Waals surface area contributed by atoms with Crippen molar-refractivity contribution in [2.45, 2.75) is 19.4 Å². The van der Waals surface area contributed by atoms with Gasteiger partial charge in [-0.05, 0) is 31.2 Å². The Morgan fingerprint density at radius 1 is 1.42 bits per heavy atom. The summed E-state index contributed by atoms with van der Waals surface area (Å²) in [6.07, 6.45) is 0.252. The number of benzene rings is 1. The molecule has 100 valence electrons. The van der Waals surface area contributed by atoms with Gasteiger partial charge in [-0.3, -0.25) is 0 Å². The maximum absolute atomic E-state index is 11.8. The van der Waals surface area contributed by atoms with E-state index in [4.69, 9.17) is 10.4 Å². The fraction of sp³-hybridized carbons (Fsp3) is 0.308. The molecule has 0 heterocycles. The smallest absolute Gasteiger partial charge is 0.335 e. The summed E-state index contributed by atoms with van der Waals surface area (Å²) < 4.78 is 0. The second-order valence-electron chi connectivity index (χ2n) is 4.13. The second kappa shape index (κ2) is 6.40. The summed E-state index contributed by atoms with van der Waals surface area (Å²) in [6.45, 7) is 1.77. The van der Waals surface area contributed by atoms with Crippen molar-refractivity contribution in [3.63, 3.8) is 0 Å². The summed E-state index contributed by atoms with van der Waals surface area (Å²) in [5, 5.41) is 20.0. The number of anilines is 1. The van der Waals surface area contributed by atoms with E-state index >= 15 is 0 Å². The Bertz CT molecular complexity index is 505. The van der Waals surface area contributed by atoms with Crippen LogP contribution in [0.4, 0.5) is 10.5 Å². The molecule has 0 bridgehead atoms. The first-order chi connectivity index (χ1) is 8.95. The van der Waals surface area contributed by atoms with Gasteiger partial charge in [0.1, 0.15) is 0 Å². The third-order valence-corrected chi connectivity index (χ3v) is 2.75. The molecule has 1 unspecified atom stereocenters. The zero-order valence-corrected chi connectivity index (χ0v) is 10.8. The molecule has 1 aromatic rings. The molecule has 0 aromatic heterocycles. The van der Waals surface area contributed by atoms with Gasteiger partial charge in [0.25, 0.3) is 0 Å². The van der Waals surface area contributed by atoms with Gasteiger partial charge in [0.2, 0.25) is 0 Å². The SMILES string of the molecule is CC(CC#N)N(C)C(=O)Nc1ccc(C(=O)O)cc1. The molecule has 0 aliphatic rings. The molecule has 1 aromatic carbocycles. The maximum atomic E-state index is 11.8. The van der Waals surface area contributed by atoms with Crippen molar-refractivity contribution >= 4 is 17.7 Å². The fourth-order valence-corrected chi connectivity index (χ4v) is 1.38. The van der Waals surface area contributed by atoms with Crippen LogP contribution in [-0.2, 0) is 0 Å². The number of hydrogen-bond donors (Lipinski definition) is 2. The van der Waals surface area contributed by atoms with Crippen molar-refractivity contribution in [3.8, 4) is 6.07 Å². The molecule has 2 N–H and O–H groups in total. The lowest BCUT2D eigenvalue weighted by Crippen LogP contribution is -2.38. The molecular formula is C13H15N3O3. The third-order valence-electron chi connectivity index (χ3n) is 2.75. The Morgan fingerprint density at radius 2 is 2.00 bits per heavy atom. The highest BCUT2D eigenvalue weighted by Gasteiger charge is 2.15. The molecule has 0 fully saturated rings. The first-order valence-corrected chi connectivity index (χ1v) is 5.70. The predicted octanol–water partition coefficient (Wildman–Crippen LogP) is 2.15. The third kappa shape index (κ3) is 4.00. The molecule has 2 amide bonds. The number of nitrogens with zero attached hydrogens (tertiary/aromatic N) is 2. The van der Waals surface area contributed by atoms with E-state index in [1.165, 1.54) is 29.2 Å². The molecule has 0 spiro atoms. The van der Waals surface area contributed by atoms with Crippen molar-refractivity contribution in [2.75, 3.05) is 12.4 Å². The lowest BCUT2D eigenvalue weighted by molar-refractivity contribution is 0.0697. The molecule has 0 aliphatic heterocycles. The number of carbonyl (C=O) groups excluding carboxylic acids is 1. The second-order valence-corrected chi connectivity index (χ2v) is 4.13. The van der Waals surface area contributed by atoms with E-state index in [1.807, 2.05) is 6.07 Å². The molecule has 6 nitrogen and oxygen atoms in total. The summed E-state index contributed by atoms with van der Waals surface area (Å²) in [6, 6.07) is 7.33. The van der Waals surface area contributed by atoms with Crippen LogP contribution < -0.4 is 5.32 Å². The van der Waals surface area contributed by atoms with Gasteiger partial charge >= 0.3 is 12.0 Å². The molecule has 0 aliphatic carbocycles. The molecule has 0 saturated carbocycles. The highest BCUT2D eigenvalue weighted by Crippen LogP contribution is 2.11. The van der Waals surface area contributed by atoms with Crippen LogP contribution in [0, 0.1) is 11.3 Å². The molecular weight excluding hydrogens is 246 g/mol. The predicted molar refractivity (Wildman–Crippen MR) is 69.9 cm³/mol. The van der Waals surface area contributed by atoms with Gasteiger partial charge in [0, 0.05) is 18.8 Å². The molecule has 6 heteroatoms. The van der Waals surface area contributed by atoms with E-state index in [0.29, 0.717) is 5.69 Å². The van der Waals surface area contributed by atoms with Gasteiger partial charge in [0.15, 0.2) is 0 Å². The summed E-state index contributed by atoms with van der Waals surface area (Å²) >= 11 is 0. The zero-order valence-electron chi connectivity index (χ0n) is 10.8. The van der Waals surface area contributed by atoms with Gasteiger partial charge in [0.05, 0.1) is 18.1 Å². The van der Waals surface area contributed by atoms with Crippen molar-refractivity contribution in [3.05, 3.63) is 29.8 Å². The Morgan fingerprint density at radius 3 is 2.47 bits per heavy atom. The maximum Gasteiger partial charge on any atom is 0.335 e. The van der Waals surface area contributed by atoms with Crippen LogP contribution in [0.1, 0.15) is 23.7 Å². The van der Waals surface area contributed by atoms with E-state index in [0.717, 1.165) is 0 Å². The average Bonchev–Trinajstić information content (AvgIpc) is 2.38. The number of amides is 2. The molecule has 0 radical (unpaired) electrons. The largest absolute Gasteiger partial charge is 0.478 e. The minimum Gasteiger partial charge on any atom is -0.478 e. The Labute approximate surface area is 111 Å². The molecule has 1 atom stereocenters. The number of rotatable bonds is 4. The van der Waals surface area contributed by atoms with Crippen LogP contribution in [0.15, 0.2) is 24.3 Å². The van der Waals surface area contributed by atoms with Crippen LogP contribution in [0.2, 0.25) is 0 Å². The zero-order chi connectivity index (χ0) is 14.4. The number of carboxylic acids is 1. The van der Waals surface area contributed by atoms with E-state index < -0.39 is 5.97 Å². The summed E-state index contributed by atoms with van der Waals surface area (Å²) in [4.78, 5) is 23.9. The minimum atomic E-state index is -1.02. The van der Waals surface area contributed by atoms with Crippen LogP contribution in [0.25, 0.3) is 0 Å². The fourth-order valence-electron chi connectivity index (χ4n) is 1.38. The van der Waals surface area contributed by atoms with Gasteiger partial charge in [-0.2, -0.15) is 5.26 Å². The molecule has 0 saturated heterocycles. The molecule has 1 rings (SSSR count). The van der Waals surface area contributed by atoms with Gasteiger partial charge < -0.3 is 15.3 Å². The van der Waals surface area contributed by atoms with E-state index in [1.54, 1.807) is 14.0 Å². The van der Waals surface area contributed by atoms with Gasteiger partial charge in [-0.25, -0.2) is 9.59 Å². The highest BCUT2D eigenvalue weighted by molar-refractivity contribution is 5.91. The first-order valence-electron chi connectivity index (χ1n) is 5.70. The minimum absolute atomic E-state index is 0.157. The summed E-state index contributed by atoms with van der Waals surface area (Å²) in [5.41, 5.74) is 0.662. The van der Waals surface area contributed by atoms with Gasteiger partial charge in [-0.1, -0.05) is 0 Å². The van der Waals surface area contributed by atoms with E-state index in [2.05, 4.69) is 5.32 Å². The number of nitrogens with one attached hydrogen (secondary N) is 1. The van der Waals surface area contributed by atoms with Crippen molar-refractivity contribution in [1.82, 2.24) is 4.90 Å². The first kappa shape index (κ1) is 14.5. The average molecular weight is 261 g/mol. The van der Waals surface area contributed by atoms with Crippen molar-refractivity contribution in [1.29, 1.82) is 5.26 Å². The number of carbonyl (C=O) groups is 2. The van der Waals surface area contributed by atoms with Crippen LogP contribution >= 0.6 is 0 Å². The number of aromatic carboxylic acids is 1. The number of carboxylic acid groups (broad SMARTS) is 1. The van der Waals surface area contributed by atoms with Gasteiger partial charge in [-0.15, -0.1) is 0 Å². The topological polar surface area (TPSA) is 93.4 Å². The van der Waals surface area contributed by atoms with Crippen LogP contribution in [0.5, 0.6) is 0 Å². The van der Waals surface area contributed by atoms with E-state index in [-0.39, 0.29) is 24.1 Å². The number of nitriles is 1. The van der Waals surface area contributed by atoms with Crippen molar-refractivity contribution in [2.24, 2.45) is 0 Å². The van der Waals surface area contributed by atoms with Crippen LogP contribution in [0.3, 0.4) is 0 Å². The van der Waals surface area contributed by atoms with Crippen LogP contribution in [-0.4, -0.2) is 35.1 Å². The Kier molecular flexibility index (Phi) is 4.89. The lowest BCUT2D eigenvalue weighted by atomic mass is 10.2. The summed E-state index contributed by atoms with van der Waals surface area (Å²) in [7, 11) is 1.60. The Hall–Kier alpha value is -2.55. The highest BCUT2D eigenvalue weighted by atomic mass is 16.4. The normalized spacial score (nSPS) is 11.2. The summed E-state index contributed by atoms with van der Waals surface area (Å²) in [5.74, 6) is -1.02. The van der Waals surface area contributed by atoms with Crippen molar-refractivity contribution < 1.29 is 14.7 Å². The lowest BCUT2D eigenvalue weighted by Gasteiger charge is -2.23. The monoisotopic (exact) mass is 261 g/mol. The standard InChI is InChI=1S/C13H15N3O3/c1-9(7-8-14)16(2)13(19)15-11-5-3-10(4-6-11)12(17)18/h3-6,9H,7H2,1-2H3,(H,15,19)(H,17,18). The number of hydrogen-bond acceptors (Lipinski definition) is 3. The van der Waals surface area contributed by atoms with E-state index in [9.17, 15) is 9.59 Å².